The van der Waals surface area contributed by atoms with Gasteiger partial charge in [-0.05, 0) is 25.3 Å². The number of hydrogen-bond acceptors (Lipinski definition) is 2. The monoisotopic (exact) mass is 257 g/mol. The molecule has 0 spiro atoms. The predicted molar refractivity (Wildman–Crippen MR) is 66.7 cm³/mol. The fourth-order valence-corrected chi connectivity index (χ4v) is 2.47. The van der Waals surface area contributed by atoms with E-state index in [1.165, 1.54) is 0 Å². The van der Waals surface area contributed by atoms with Crippen LogP contribution in [0.1, 0.15) is 24.8 Å². The van der Waals surface area contributed by atoms with Crippen LogP contribution in [0.5, 0.6) is 0 Å². The Balaban J connectivity index is 1.88. The first-order chi connectivity index (χ1) is 8.20. The van der Waals surface area contributed by atoms with Crippen molar-refractivity contribution in [1.29, 1.82) is 0 Å². The van der Waals surface area contributed by atoms with Crippen molar-refractivity contribution >= 4 is 11.6 Å². The summed E-state index contributed by atoms with van der Waals surface area (Å²) in [6, 6.07) is 5.52. The molecule has 0 heterocycles. The van der Waals surface area contributed by atoms with Gasteiger partial charge in [-0.2, -0.15) is 0 Å². The maximum Gasteiger partial charge on any atom is 0.146 e. The number of nitrogens with one attached hydrogen (secondary N) is 1. The van der Waals surface area contributed by atoms with Gasteiger partial charge in [-0.1, -0.05) is 23.7 Å². The molecular formula is C13H17ClFNO. The lowest BCUT2D eigenvalue weighted by Gasteiger charge is -2.13. The summed E-state index contributed by atoms with van der Waals surface area (Å²) in [6.45, 7) is 0.521. The van der Waals surface area contributed by atoms with Crippen molar-refractivity contribution in [2.24, 2.45) is 0 Å². The van der Waals surface area contributed by atoms with Crippen LogP contribution < -0.4 is 5.32 Å². The fraction of sp³-hybridized carbons (Fsp3) is 0.538. The Morgan fingerprint density at radius 1 is 1.47 bits per heavy atom. The number of benzene rings is 1. The SMILES string of the molecule is COC1CCC(NCc2cccc(Cl)c2F)C1. The van der Waals surface area contributed by atoms with E-state index < -0.39 is 0 Å². The standard InChI is InChI=1S/C13H17ClFNO/c1-17-11-6-5-10(7-11)16-8-9-3-2-4-12(14)13(9)15/h2-4,10-11,16H,5-8H2,1H3. The number of ether oxygens (including phenoxy) is 1. The van der Waals surface area contributed by atoms with Crippen LogP contribution in [0.4, 0.5) is 4.39 Å². The molecule has 2 nitrogen and oxygen atoms in total. The molecule has 1 N–H and O–H groups in total. The highest BCUT2D eigenvalue weighted by molar-refractivity contribution is 6.30. The number of rotatable bonds is 4. The molecule has 0 bridgehead atoms. The molecular weight excluding hydrogens is 241 g/mol. The average Bonchev–Trinajstić information content (AvgIpc) is 2.79. The molecule has 1 aromatic carbocycles. The number of hydrogen-bond donors (Lipinski definition) is 1. The third kappa shape index (κ3) is 3.18. The lowest BCUT2D eigenvalue weighted by molar-refractivity contribution is 0.107. The van der Waals surface area contributed by atoms with Crippen LogP contribution in [0.2, 0.25) is 5.02 Å². The summed E-state index contributed by atoms with van der Waals surface area (Å²) in [6.07, 6.45) is 3.50. The summed E-state index contributed by atoms with van der Waals surface area (Å²) >= 11 is 5.73. The quantitative estimate of drug-likeness (QED) is 0.895. The highest BCUT2D eigenvalue weighted by atomic mass is 35.5. The van der Waals surface area contributed by atoms with Gasteiger partial charge in [0.25, 0.3) is 0 Å². The van der Waals surface area contributed by atoms with Gasteiger partial charge in [0.2, 0.25) is 0 Å². The Hall–Kier alpha value is -0.640. The van der Waals surface area contributed by atoms with Gasteiger partial charge in [0.15, 0.2) is 0 Å². The summed E-state index contributed by atoms with van der Waals surface area (Å²) in [5, 5.41) is 3.54. The Kier molecular flexibility index (Phi) is 4.37. The largest absolute Gasteiger partial charge is 0.381 e. The van der Waals surface area contributed by atoms with Gasteiger partial charge >= 0.3 is 0 Å². The van der Waals surface area contributed by atoms with Gasteiger partial charge in [0, 0.05) is 25.3 Å². The van der Waals surface area contributed by atoms with E-state index in [1.807, 2.05) is 0 Å². The molecule has 0 radical (unpaired) electrons. The minimum Gasteiger partial charge on any atom is -0.381 e. The van der Waals surface area contributed by atoms with Crippen LogP contribution >= 0.6 is 11.6 Å². The first kappa shape index (κ1) is 12.8. The van der Waals surface area contributed by atoms with Gasteiger partial charge in [-0.15, -0.1) is 0 Å². The molecule has 2 unspecified atom stereocenters. The predicted octanol–water partition coefficient (Wildman–Crippen LogP) is 3.14. The smallest absolute Gasteiger partial charge is 0.146 e. The van der Waals surface area contributed by atoms with Crippen molar-refractivity contribution in [3.8, 4) is 0 Å². The van der Waals surface area contributed by atoms with Crippen LogP contribution in [0, 0.1) is 5.82 Å². The first-order valence-corrected chi connectivity index (χ1v) is 6.27. The van der Waals surface area contributed by atoms with Gasteiger partial charge in [0.1, 0.15) is 5.82 Å². The van der Waals surface area contributed by atoms with Crippen LogP contribution in [0.3, 0.4) is 0 Å². The van der Waals surface area contributed by atoms with Crippen LogP contribution in [-0.2, 0) is 11.3 Å². The summed E-state index contributed by atoms with van der Waals surface area (Å²) in [7, 11) is 1.74. The van der Waals surface area contributed by atoms with Gasteiger partial charge in [0.05, 0.1) is 11.1 Å². The zero-order valence-corrected chi connectivity index (χ0v) is 10.6. The van der Waals surface area contributed by atoms with E-state index in [0.29, 0.717) is 24.3 Å². The second-order valence-electron chi connectivity index (χ2n) is 4.46. The number of halogens is 2. The second-order valence-corrected chi connectivity index (χ2v) is 4.87. The maximum absolute atomic E-state index is 13.6. The molecule has 17 heavy (non-hydrogen) atoms. The zero-order valence-electron chi connectivity index (χ0n) is 9.88. The summed E-state index contributed by atoms with van der Waals surface area (Å²) in [5.41, 5.74) is 0.623. The molecule has 1 fully saturated rings. The third-order valence-corrected chi connectivity index (χ3v) is 3.62. The minimum absolute atomic E-state index is 0.186. The van der Waals surface area contributed by atoms with Crippen molar-refractivity contribution in [3.63, 3.8) is 0 Å². The minimum atomic E-state index is -0.317. The zero-order chi connectivity index (χ0) is 12.3. The molecule has 0 aliphatic heterocycles. The molecule has 4 heteroatoms. The normalized spacial score (nSPS) is 24.2. The Morgan fingerprint density at radius 2 is 2.29 bits per heavy atom. The molecule has 0 aromatic heterocycles. The summed E-state index contributed by atoms with van der Waals surface area (Å²) < 4.78 is 18.9. The average molecular weight is 258 g/mol. The van der Waals surface area contributed by atoms with Gasteiger partial charge in [-0.25, -0.2) is 4.39 Å². The topological polar surface area (TPSA) is 21.3 Å². The lowest BCUT2D eigenvalue weighted by Crippen LogP contribution is -2.27. The molecule has 1 aliphatic rings. The lowest BCUT2D eigenvalue weighted by atomic mass is 10.2. The van der Waals surface area contributed by atoms with E-state index in [4.69, 9.17) is 16.3 Å². The molecule has 94 valence electrons. The van der Waals surface area contributed by atoms with Crippen molar-refractivity contribution in [3.05, 3.63) is 34.6 Å². The van der Waals surface area contributed by atoms with Crippen molar-refractivity contribution in [1.82, 2.24) is 5.32 Å². The van der Waals surface area contributed by atoms with Crippen molar-refractivity contribution in [2.45, 2.75) is 38.0 Å². The van der Waals surface area contributed by atoms with Gasteiger partial charge in [-0.3, -0.25) is 0 Å². The molecule has 0 saturated heterocycles. The van der Waals surface area contributed by atoms with E-state index >= 15 is 0 Å². The van der Waals surface area contributed by atoms with E-state index in [-0.39, 0.29) is 10.8 Å². The molecule has 2 rings (SSSR count). The Bertz CT molecular complexity index is 386. The van der Waals surface area contributed by atoms with E-state index in [0.717, 1.165) is 19.3 Å². The fourth-order valence-electron chi connectivity index (χ4n) is 2.28. The van der Waals surface area contributed by atoms with Crippen molar-refractivity contribution in [2.75, 3.05) is 7.11 Å². The molecule has 2 atom stereocenters. The Morgan fingerprint density at radius 3 is 3.00 bits per heavy atom. The molecule has 1 aromatic rings. The Labute approximate surface area is 106 Å². The molecule has 1 aliphatic carbocycles. The summed E-state index contributed by atoms with van der Waals surface area (Å²) in [4.78, 5) is 0. The molecule has 0 amide bonds. The van der Waals surface area contributed by atoms with E-state index in [1.54, 1.807) is 25.3 Å². The highest BCUT2D eigenvalue weighted by Crippen LogP contribution is 2.23. The van der Waals surface area contributed by atoms with E-state index in [2.05, 4.69) is 5.32 Å². The highest BCUT2D eigenvalue weighted by Gasteiger charge is 2.23. The maximum atomic E-state index is 13.6. The van der Waals surface area contributed by atoms with Crippen LogP contribution in [0.15, 0.2) is 18.2 Å². The summed E-state index contributed by atoms with van der Waals surface area (Å²) in [5.74, 6) is -0.317. The van der Waals surface area contributed by atoms with Gasteiger partial charge < -0.3 is 10.1 Å². The third-order valence-electron chi connectivity index (χ3n) is 3.33. The first-order valence-electron chi connectivity index (χ1n) is 5.89. The second kappa shape index (κ2) is 5.80. The van der Waals surface area contributed by atoms with Crippen molar-refractivity contribution < 1.29 is 9.13 Å². The number of methoxy groups -OCH3 is 1. The van der Waals surface area contributed by atoms with E-state index in [9.17, 15) is 4.39 Å². The molecule has 1 saturated carbocycles. The van der Waals surface area contributed by atoms with Crippen LogP contribution in [0.25, 0.3) is 0 Å². The van der Waals surface area contributed by atoms with Crippen LogP contribution in [-0.4, -0.2) is 19.3 Å².